The normalized spacial score (nSPS) is 13.9. The first-order chi connectivity index (χ1) is 8.24. The fraction of sp³-hybridized carbons (Fsp3) is 0.500. The van der Waals surface area contributed by atoms with E-state index in [-0.39, 0.29) is 23.4 Å². The molecule has 0 aliphatic heterocycles. The van der Waals surface area contributed by atoms with Crippen molar-refractivity contribution in [2.24, 2.45) is 11.7 Å². The highest BCUT2D eigenvalue weighted by molar-refractivity contribution is 7.89. The van der Waals surface area contributed by atoms with E-state index in [9.17, 15) is 12.8 Å². The van der Waals surface area contributed by atoms with Gasteiger partial charge in [0.15, 0.2) is 0 Å². The van der Waals surface area contributed by atoms with Crippen LogP contribution in [0.5, 0.6) is 0 Å². The predicted octanol–water partition coefficient (Wildman–Crippen LogP) is 1.40. The Morgan fingerprint density at radius 2 is 2.00 bits per heavy atom. The summed E-state index contributed by atoms with van der Waals surface area (Å²) in [6.07, 6.45) is 0. The lowest BCUT2D eigenvalue weighted by atomic mass is 10.1. The van der Waals surface area contributed by atoms with Gasteiger partial charge in [-0.05, 0) is 36.6 Å². The molecule has 0 aliphatic rings. The van der Waals surface area contributed by atoms with Gasteiger partial charge in [0.2, 0.25) is 10.0 Å². The summed E-state index contributed by atoms with van der Waals surface area (Å²) in [6, 6.07) is 3.44. The Hall–Kier alpha value is -0.980. The Bertz CT molecular complexity index is 515. The topological polar surface area (TPSA) is 72.2 Å². The molecule has 1 rings (SSSR count). The van der Waals surface area contributed by atoms with Gasteiger partial charge in [-0.25, -0.2) is 17.5 Å². The van der Waals surface area contributed by atoms with E-state index in [1.54, 1.807) is 0 Å². The number of hydrogen-bond acceptors (Lipinski definition) is 3. The van der Waals surface area contributed by atoms with Crippen molar-refractivity contribution in [2.45, 2.75) is 31.7 Å². The molecule has 0 heterocycles. The number of nitrogens with two attached hydrogens (primary N) is 1. The Balaban J connectivity index is 2.83. The molecule has 0 aliphatic carbocycles. The molecular formula is C12H19FN2O2S. The Morgan fingerprint density at radius 3 is 2.50 bits per heavy atom. The van der Waals surface area contributed by atoms with Crippen molar-refractivity contribution in [3.8, 4) is 0 Å². The van der Waals surface area contributed by atoms with E-state index in [1.165, 1.54) is 19.1 Å². The summed E-state index contributed by atoms with van der Waals surface area (Å²) >= 11 is 0. The van der Waals surface area contributed by atoms with E-state index < -0.39 is 15.8 Å². The summed E-state index contributed by atoms with van der Waals surface area (Å²) in [6.45, 7) is 5.52. The maximum atomic E-state index is 13.1. The quantitative estimate of drug-likeness (QED) is 0.852. The number of aryl methyl sites for hydroxylation is 1. The second-order valence-electron chi connectivity index (χ2n) is 4.67. The zero-order valence-electron chi connectivity index (χ0n) is 10.8. The van der Waals surface area contributed by atoms with Crippen LogP contribution in [-0.4, -0.2) is 21.0 Å². The summed E-state index contributed by atoms with van der Waals surface area (Å²) in [7, 11) is -3.62. The number of nitrogens with one attached hydrogen (secondary N) is 1. The Kier molecular flexibility index (Phi) is 4.84. The third kappa shape index (κ3) is 3.76. The van der Waals surface area contributed by atoms with Crippen molar-refractivity contribution < 1.29 is 12.8 Å². The van der Waals surface area contributed by atoms with Gasteiger partial charge in [-0.15, -0.1) is 0 Å². The zero-order chi connectivity index (χ0) is 13.9. The van der Waals surface area contributed by atoms with Crippen LogP contribution in [0.1, 0.15) is 19.4 Å². The fourth-order valence-corrected chi connectivity index (χ4v) is 2.47. The lowest BCUT2D eigenvalue weighted by Gasteiger charge is -2.16. The first-order valence-electron chi connectivity index (χ1n) is 5.75. The van der Waals surface area contributed by atoms with Crippen LogP contribution in [0.3, 0.4) is 0 Å². The predicted molar refractivity (Wildman–Crippen MR) is 69.1 cm³/mol. The molecule has 1 atom stereocenters. The molecule has 0 saturated carbocycles. The maximum Gasteiger partial charge on any atom is 0.240 e. The summed E-state index contributed by atoms with van der Waals surface area (Å²) in [5.41, 5.74) is 6.07. The number of rotatable bonds is 5. The van der Waals surface area contributed by atoms with E-state index in [2.05, 4.69) is 4.72 Å². The molecule has 102 valence electrons. The van der Waals surface area contributed by atoms with Crippen molar-refractivity contribution in [1.82, 2.24) is 4.72 Å². The Labute approximate surface area is 107 Å². The molecule has 1 aromatic rings. The molecule has 0 fully saturated rings. The SMILES string of the molecule is Cc1cc(S(=O)(=O)NC[C@@H](N)C(C)C)ccc1F. The number of halogens is 1. The molecule has 0 spiro atoms. The molecule has 0 radical (unpaired) electrons. The molecule has 0 unspecified atom stereocenters. The summed E-state index contributed by atoms with van der Waals surface area (Å²) < 4.78 is 39.4. The van der Waals surface area contributed by atoms with Crippen LogP contribution in [-0.2, 0) is 10.0 Å². The highest BCUT2D eigenvalue weighted by Crippen LogP contribution is 2.14. The van der Waals surface area contributed by atoms with Crippen LogP contribution in [0.4, 0.5) is 4.39 Å². The molecule has 0 amide bonds. The van der Waals surface area contributed by atoms with E-state index in [4.69, 9.17) is 5.73 Å². The van der Waals surface area contributed by atoms with Crippen LogP contribution in [0.2, 0.25) is 0 Å². The van der Waals surface area contributed by atoms with E-state index >= 15 is 0 Å². The molecular weight excluding hydrogens is 255 g/mol. The van der Waals surface area contributed by atoms with Crippen molar-refractivity contribution in [3.05, 3.63) is 29.6 Å². The smallest absolute Gasteiger partial charge is 0.240 e. The average Bonchev–Trinajstić information content (AvgIpc) is 2.29. The highest BCUT2D eigenvalue weighted by Gasteiger charge is 2.17. The second-order valence-corrected chi connectivity index (χ2v) is 6.44. The number of sulfonamides is 1. The van der Waals surface area contributed by atoms with Gasteiger partial charge in [0, 0.05) is 12.6 Å². The summed E-state index contributed by atoms with van der Waals surface area (Å²) in [4.78, 5) is 0.0531. The molecule has 0 aromatic heterocycles. The summed E-state index contributed by atoms with van der Waals surface area (Å²) in [5, 5.41) is 0. The lowest BCUT2D eigenvalue weighted by Crippen LogP contribution is -2.40. The molecule has 1 aromatic carbocycles. The van der Waals surface area contributed by atoms with Crippen molar-refractivity contribution >= 4 is 10.0 Å². The lowest BCUT2D eigenvalue weighted by molar-refractivity contribution is 0.481. The van der Waals surface area contributed by atoms with E-state index in [0.717, 1.165) is 6.07 Å². The molecule has 18 heavy (non-hydrogen) atoms. The third-order valence-electron chi connectivity index (χ3n) is 2.81. The van der Waals surface area contributed by atoms with Gasteiger partial charge >= 0.3 is 0 Å². The van der Waals surface area contributed by atoms with Gasteiger partial charge in [-0.1, -0.05) is 13.8 Å². The van der Waals surface area contributed by atoms with Crippen molar-refractivity contribution in [2.75, 3.05) is 6.54 Å². The molecule has 0 saturated heterocycles. The van der Waals surface area contributed by atoms with Crippen LogP contribution < -0.4 is 10.5 Å². The average molecular weight is 274 g/mol. The van der Waals surface area contributed by atoms with Crippen molar-refractivity contribution in [3.63, 3.8) is 0 Å². The van der Waals surface area contributed by atoms with Gasteiger partial charge in [0.25, 0.3) is 0 Å². The second kappa shape index (κ2) is 5.77. The minimum atomic E-state index is -3.62. The molecule has 6 heteroatoms. The van der Waals surface area contributed by atoms with Crippen LogP contribution in [0.25, 0.3) is 0 Å². The molecule has 0 bridgehead atoms. The van der Waals surface area contributed by atoms with E-state index in [1.807, 2.05) is 13.8 Å². The van der Waals surface area contributed by atoms with Gasteiger partial charge in [-0.3, -0.25) is 0 Å². The maximum absolute atomic E-state index is 13.1. The van der Waals surface area contributed by atoms with Gasteiger partial charge in [-0.2, -0.15) is 0 Å². The third-order valence-corrected chi connectivity index (χ3v) is 4.23. The van der Waals surface area contributed by atoms with E-state index in [0.29, 0.717) is 5.56 Å². The van der Waals surface area contributed by atoms with Gasteiger partial charge in [0.1, 0.15) is 5.82 Å². The summed E-state index contributed by atoms with van der Waals surface area (Å²) in [5.74, 6) is -0.240. The fourth-order valence-electron chi connectivity index (χ4n) is 1.31. The minimum Gasteiger partial charge on any atom is -0.326 e. The van der Waals surface area contributed by atoms with Crippen LogP contribution >= 0.6 is 0 Å². The molecule has 3 N–H and O–H groups in total. The Morgan fingerprint density at radius 1 is 1.39 bits per heavy atom. The minimum absolute atomic E-state index is 0.0531. The zero-order valence-corrected chi connectivity index (χ0v) is 11.6. The highest BCUT2D eigenvalue weighted by atomic mass is 32.2. The van der Waals surface area contributed by atoms with Gasteiger partial charge < -0.3 is 5.73 Å². The van der Waals surface area contributed by atoms with Crippen molar-refractivity contribution in [1.29, 1.82) is 0 Å². The first-order valence-corrected chi connectivity index (χ1v) is 7.23. The number of benzene rings is 1. The van der Waals surface area contributed by atoms with Crippen LogP contribution in [0, 0.1) is 18.7 Å². The monoisotopic (exact) mass is 274 g/mol. The van der Waals surface area contributed by atoms with Crippen LogP contribution in [0.15, 0.2) is 23.1 Å². The number of hydrogen-bond donors (Lipinski definition) is 2. The first kappa shape index (κ1) is 15.1. The standard InChI is InChI=1S/C12H19FN2O2S/c1-8(2)12(14)7-15-18(16,17)10-4-5-11(13)9(3)6-10/h4-6,8,12,15H,7,14H2,1-3H3/t12-/m1/s1. The molecule has 4 nitrogen and oxygen atoms in total. The largest absolute Gasteiger partial charge is 0.326 e. The van der Waals surface area contributed by atoms with Gasteiger partial charge in [0.05, 0.1) is 4.90 Å².